The van der Waals surface area contributed by atoms with Gasteiger partial charge in [-0.1, -0.05) is 0 Å². The van der Waals surface area contributed by atoms with Crippen molar-refractivity contribution in [1.29, 1.82) is 0 Å². The van der Waals surface area contributed by atoms with E-state index < -0.39 is 10.0 Å². The van der Waals surface area contributed by atoms with Gasteiger partial charge in [0, 0.05) is 48.6 Å². The zero-order valence-corrected chi connectivity index (χ0v) is 20.6. The number of nitrogens with zero attached hydrogens (tertiary/aromatic N) is 6. The highest BCUT2D eigenvalue weighted by molar-refractivity contribution is 7.88. The molecule has 178 valence electrons. The van der Waals surface area contributed by atoms with E-state index in [2.05, 4.69) is 10.00 Å². The van der Waals surface area contributed by atoms with Crippen LogP contribution in [0.2, 0.25) is 0 Å². The van der Waals surface area contributed by atoms with Gasteiger partial charge >= 0.3 is 0 Å². The van der Waals surface area contributed by atoms with Crippen molar-refractivity contribution in [3.8, 4) is 28.7 Å². The molecule has 1 aliphatic rings. The second-order valence-corrected chi connectivity index (χ2v) is 10.7. The van der Waals surface area contributed by atoms with Gasteiger partial charge in [-0.25, -0.2) is 23.1 Å². The number of thiophene rings is 1. The van der Waals surface area contributed by atoms with Gasteiger partial charge in [0.05, 0.1) is 49.8 Å². The van der Waals surface area contributed by atoms with E-state index in [1.165, 1.54) is 10.6 Å². The van der Waals surface area contributed by atoms with Crippen LogP contribution in [0.3, 0.4) is 0 Å². The maximum Gasteiger partial charge on any atom is 0.251 e. The number of methoxy groups -OCH3 is 2. The van der Waals surface area contributed by atoms with Gasteiger partial charge in [-0.3, -0.25) is 0 Å². The van der Waals surface area contributed by atoms with E-state index in [1.54, 1.807) is 36.4 Å². The predicted molar refractivity (Wildman–Crippen MR) is 132 cm³/mol. The van der Waals surface area contributed by atoms with E-state index >= 15 is 0 Å². The summed E-state index contributed by atoms with van der Waals surface area (Å²) in [6, 6.07) is 5.74. The number of ether oxygens (including phenoxy) is 2. The average molecular weight is 501 g/mol. The Morgan fingerprint density at radius 2 is 1.76 bits per heavy atom. The maximum atomic E-state index is 11.8. The van der Waals surface area contributed by atoms with Crippen LogP contribution >= 0.6 is 11.3 Å². The first-order valence-corrected chi connectivity index (χ1v) is 13.4. The van der Waals surface area contributed by atoms with Gasteiger partial charge < -0.3 is 14.4 Å². The SMILES string of the molecule is COc1cc2nc(-n3cc(N4CCN(S(C)(=O)=O)CC4)cn3)nc(-c3ccsc3)c2cc1OC. The number of piperazine rings is 1. The lowest BCUT2D eigenvalue weighted by atomic mass is 10.1. The minimum atomic E-state index is -3.18. The van der Waals surface area contributed by atoms with Crippen LogP contribution < -0.4 is 14.4 Å². The lowest BCUT2D eigenvalue weighted by Crippen LogP contribution is -2.48. The number of fused-ring (bicyclic) bond motifs is 1. The number of sulfonamides is 1. The number of aromatic nitrogens is 4. The third kappa shape index (κ3) is 4.19. The van der Waals surface area contributed by atoms with Gasteiger partial charge in [0.2, 0.25) is 10.0 Å². The summed E-state index contributed by atoms with van der Waals surface area (Å²) < 4.78 is 37.7. The van der Waals surface area contributed by atoms with Crippen molar-refractivity contribution in [3.63, 3.8) is 0 Å². The highest BCUT2D eigenvalue weighted by Gasteiger charge is 2.24. The third-order valence-electron chi connectivity index (χ3n) is 5.83. The van der Waals surface area contributed by atoms with Gasteiger partial charge in [-0.15, -0.1) is 0 Å². The number of benzene rings is 1. The molecule has 0 unspecified atom stereocenters. The van der Waals surface area contributed by atoms with E-state index in [0.29, 0.717) is 49.1 Å². The molecule has 0 saturated carbocycles. The Bertz CT molecular complexity index is 1430. The molecule has 1 aromatic carbocycles. The van der Waals surface area contributed by atoms with Crippen LogP contribution in [0.5, 0.6) is 11.5 Å². The van der Waals surface area contributed by atoms with E-state index in [-0.39, 0.29) is 0 Å². The summed E-state index contributed by atoms with van der Waals surface area (Å²) in [7, 11) is 0.0138. The van der Waals surface area contributed by atoms with Crippen molar-refractivity contribution in [3.05, 3.63) is 41.4 Å². The summed E-state index contributed by atoms with van der Waals surface area (Å²) in [5, 5.41) is 9.40. The zero-order chi connectivity index (χ0) is 23.9. The summed E-state index contributed by atoms with van der Waals surface area (Å²) in [5.41, 5.74) is 3.36. The summed E-state index contributed by atoms with van der Waals surface area (Å²) in [5.74, 6) is 1.63. The van der Waals surface area contributed by atoms with Crippen LogP contribution in [0.4, 0.5) is 5.69 Å². The lowest BCUT2D eigenvalue weighted by Gasteiger charge is -2.33. The quantitative estimate of drug-likeness (QED) is 0.398. The van der Waals surface area contributed by atoms with Crippen molar-refractivity contribution in [2.75, 3.05) is 51.6 Å². The molecule has 0 N–H and O–H groups in total. The number of hydrogen-bond donors (Lipinski definition) is 0. The van der Waals surface area contributed by atoms with Gasteiger partial charge in [-0.2, -0.15) is 20.7 Å². The molecule has 0 amide bonds. The molecular weight excluding hydrogens is 476 g/mol. The summed E-state index contributed by atoms with van der Waals surface area (Å²) in [6.45, 7) is 2.07. The van der Waals surface area contributed by atoms with Crippen molar-refractivity contribution in [1.82, 2.24) is 24.1 Å². The van der Waals surface area contributed by atoms with Crippen molar-refractivity contribution >= 4 is 38.0 Å². The number of anilines is 1. The Labute approximate surface area is 201 Å². The van der Waals surface area contributed by atoms with Crippen molar-refractivity contribution < 1.29 is 17.9 Å². The Morgan fingerprint density at radius 1 is 1.03 bits per heavy atom. The normalized spacial score (nSPS) is 15.1. The summed E-state index contributed by atoms with van der Waals surface area (Å²) in [6.07, 6.45) is 4.87. The molecule has 5 rings (SSSR count). The average Bonchev–Trinajstić information content (AvgIpc) is 3.55. The van der Waals surface area contributed by atoms with Crippen LogP contribution in [0.1, 0.15) is 0 Å². The molecular formula is C22H24N6O4S2. The monoisotopic (exact) mass is 500 g/mol. The molecule has 3 aromatic heterocycles. The van der Waals surface area contributed by atoms with Crippen LogP contribution in [-0.2, 0) is 10.0 Å². The van der Waals surface area contributed by atoms with Crippen LogP contribution in [0, 0.1) is 0 Å². The molecule has 1 saturated heterocycles. The predicted octanol–water partition coefficient (Wildman–Crippen LogP) is 2.64. The van der Waals surface area contributed by atoms with Crippen LogP contribution in [0.25, 0.3) is 28.1 Å². The molecule has 0 bridgehead atoms. The highest BCUT2D eigenvalue weighted by Crippen LogP contribution is 2.36. The molecule has 0 atom stereocenters. The van der Waals surface area contributed by atoms with Gasteiger partial charge in [0.15, 0.2) is 11.5 Å². The molecule has 1 fully saturated rings. The van der Waals surface area contributed by atoms with E-state index in [9.17, 15) is 8.42 Å². The standard InChI is InChI=1S/C22H24N6O4S2/c1-31-19-10-17-18(11-20(19)32-2)24-22(25-21(17)15-4-9-33-14-15)28-13-16(12-23-28)26-5-7-27(8-6-26)34(3,29)30/h4,9-14H,5-8H2,1-3H3. The largest absolute Gasteiger partial charge is 0.493 e. The Hall–Kier alpha value is -3.22. The van der Waals surface area contributed by atoms with Crippen LogP contribution in [-0.4, -0.2) is 79.1 Å². The second-order valence-electron chi connectivity index (χ2n) is 7.90. The fourth-order valence-electron chi connectivity index (χ4n) is 4.03. The first kappa shape index (κ1) is 22.6. The zero-order valence-electron chi connectivity index (χ0n) is 19.0. The fraction of sp³-hybridized carbons (Fsp3) is 0.318. The minimum Gasteiger partial charge on any atom is -0.493 e. The summed E-state index contributed by atoms with van der Waals surface area (Å²) in [4.78, 5) is 11.7. The Balaban J connectivity index is 1.53. The molecule has 0 aliphatic carbocycles. The molecule has 34 heavy (non-hydrogen) atoms. The minimum absolute atomic E-state index is 0.432. The highest BCUT2D eigenvalue weighted by atomic mass is 32.2. The fourth-order valence-corrected chi connectivity index (χ4v) is 5.50. The molecule has 10 nitrogen and oxygen atoms in total. The second kappa shape index (κ2) is 8.85. The Kier molecular flexibility index (Phi) is 5.88. The number of rotatable bonds is 6. The lowest BCUT2D eigenvalue weighted by molar-refractivity contribution is 0.356. The first-order chi connectivity index (χ1) is 16.4. The van der Waals surface area contributed by atoms with Crippen molar-refractivity contribution in [2.45, 2.75) is 0 Å². The van der Waals surface area contributed by atoms with E-state index in [4.69, 9.17) is 19.4 Å². The molecule has 0 radical (unpaired) electrons. The summed E-state index contributed by atoms with van der Waals surface area (Å²) >= 11 is 1.59. The van der Waals surface area contributed by atoms with Crippen LogP contribution in [0.15, 0.2) is 41.4 Å². The van der Waals surface area contributed by atoms with E-state index in [0.717, 1.165) is 22.3 Å². The Morgan fingerprint density at radius 3 is 2.41 bits per heavy atom. The smallest absolute Gasteiger partial charge is 0.251 e. The van der Waals surface area contributed by atoms with Crippen molar-refractivity contribution in [2.24, 2.45) is 0 Å². The first-order valence-electron chi connectivity index (χ1n) is 10.6. The van der Waals surface area contributed by atoms with Gasteiger partial charge in [0.1, 0.15) is 0 Å². The topological polar surface area (TPSA) is 103 Å². The molecule has 4 aromatic rings. The molecule has 0 spiro atoms. The molecule has 12 heteroatoms. The maximum absolute atomic E-state index is 11.8. The van der Waals surface area contributed by atoms with Gasteiger partial charge in [0.25, 0.3) is 5.95 Å². The van der Waals surface area contributed by atoms with E-state index in [1.807, 2.05) is 35.2 Å². The third-order valence-corrected chi connectivity index (χ3v) is 7.82. The molecule has 4 heterocycles. The van der Waals surface area contributed by atoms with Gasteiger partial charge in [-0.05, 0) is 17.5 Å². The molecule has 1 aliphatic heterocycles. The number of hydrogen-bond acceptors (Lipinski definition) is 9.